The highest BCUT2D eigenvalue weighted by atomic mass is 16.6. The molecule has 0 radical (unpaired) electrons. The van der Waals surface area contributed by atoms with Crippen molar-refractivity contribution in [1.82, 2.24) is 5.32 Å². The highest BCUT2D eigenvalue weighted by molar-refractivity contribution is 4.94. The summed E-state index contributed by atoms with van der Waals surface area (Å²) in [5.74, 6) is 5.34. The van der Waals surface area contributed by atoms with Crippen molar-refractivity contribution < 1.29 is 9.84 Å². The summed E-state index contributed by atoms with van der Waals surface area (Å²) in [7, 11) is 0. The Labute approximate surface area is 67.8 Å². The molecule has 0 heterocycles. The molecule has 0 fully saturated rings. The lowest BCUT2D eigenvalue weighted by molar-refractivity contribution is -0.113. The van der Waals surface area contributed by atoms with E-state index in [1.54, 1.807) is 6.92 Å². The number of hydrogen-bond acceptors (Lipinski definition) is 3. The topological polar surface area (TPSA) is 41.5 Å². The molecule has 3 nitrogen and oxygen atoms in total. The van der Waals surface area contributed by atoms with Gasteiger partial charge in [0, 0.05) is 6.04 Å². The minimum Gasteiger partial charge on any atom is -0.356 e. The van der Waals surface area contributed by atoms with Crippen LogP contribution in [0.4, 0.5) is 0 Å². The second-order valence-corrected chi connectivity index (χ2v) is 2.41. The number of nitrogens with one attached hydrogen (secondary N) is 1. The predicted octanol–water partition coefficient (Wildman–Crippen LogP) is 0.300. The van der Waals surface area contributed by atoms with Crippen molar-refractivity contribution in [2.45, 2.75) is 33.2 Å². The minimum atomic E-state index is -0.907. The molecule has 0 aromatic rings. The Kier molecular flexibility index (Phi) is 5.86. The summed E-state index contributed by atoms with van der Waals surface area (Å²) in [6.45, 7) is 5.85. The SMILES string of the molecule is CC#CCOC(O)NC(C)C. The van der Waals surface area contributed by atoms with Crippen LogP contribution >= 0.6 is 0 Å². The van der Waals surface area contributed by atoms with E-state index in [4.69, 9.17) is 9.84 Å². The summed E-state index contributed by atoms with van der Waals surface area (Å²) in [6, 6.07) is 0.208. The van der Waals surface area contributed by atoms with Gasteiger partial charge in [0.2, 0.25) is 6.41 Å². The van der Waals surface area contributed by atoms with E-state index in [9.17, 15) is 0 Å². The maximum Gasteiger partial charge on any atom is 0.214 e. The van der Waals surface area contributed by atoms with Gasteiger partial charge in [0.25, 0.3) is 0 Å². The van der Waals surface area contributed by atoms with E-state index >= 15 is 0 Å². The molecule has 0 aliphatic carbocycles. The molecule has 11 heavy (non-hydrogen) atoms. The van der Waals surface area contributed by atoms with Crippen LogP contribution in [0.5, 0.6) is 0 Å². The fraction of sp³-hybridized carbons (Fsp3) is 0.750. The summed E-state index contributed by atoms with van der Waals surface area (Å²) in [5.41, 5.74) is 0. The first-order valence-electron chi connectivity index (χ1n) is 3.62. The van der Waals surface area contributed by atoms with Crippen molar-refractivity contribution in [3.63, 3.8) is 0 Å². The number of aliphatic hydroxyl groups is 1. The first kappa shape index (κ1) is 10.4. The van der Waals surface area contributed by atoms with Crippen molar-refractivity contribution in [2.24, 2.45) is 0 Å². The van der Waals surface area contributed by atoms with Gasteiger partial charge in [-0.1, -0.05) is 5.92 Å². The van der Waals surface area contributed by atoms with Crippen LogP contribution in [0.2, 0.25) is 0 Å². The van der Waals surface area contributed by atoms with Crippen molar-refractivity contribution in [2.75, 3.05) is 6.61 Å². The molecule has 1 unspecified atom stereocenters. The third kappa shape index (κ3) is 7.34. The first-order valence-corrected chi connectivity index (χ1v) is 3.62. The third-order valence-corrected chi connectivity index (χ3v) is 0.966. The Morgan fingerprint density at radius 2 is 2.18 bits per heavy atom. The van der Waals surface area contributed by atoms with Gasteiger partial charge in [-0.2, -0.15) is 0 Å². The summed E-state index contributed by atoms with van der Waals surface area (Å²) in [6.07, 6.45) is -0.907. The molecule has 0 amide bonds. The third-order valence-electron chi connectivity index (χ3n) is 0.966. The van der Waals surface area contributed by atoms with Gasteiger partial charge in [0.15, 0.2) is 0 Å². The van der Waals surface area contributed by atoms with Crippen LogP contribution in [0.25, 0.3) is 0 Å². The van der Waals surface area contributed by atoms with E-state index in [1.807, 2.05) is 13.8 Å². The molecular formula is C8H15NO2. The molecule has 0 spiro atoms. The van der Waals surface area contributed by atoms with Gasteiger partial charge in [-0.25, -0.2) is 0 Å². The van der Waals surface area contributed by atoms with Gasteiger partial charge in [-0.3, -0.25) is 5.32 Å². The second-order valence-electron chi connectivity index (χ2n) is 2.41. The van der Waals surface area contributed by atoms with Crippen molar-refractivity contribution in [3.8, 4) is 11.8 Å². The quantitative estimate of drug-likeness (QED) is 0.455. The van der Waals surface area contributed by atoms with Crippen LogP contribution in [-0.4, -0.2) is 24.2 Å². The molecule has 0 aromatic heterocycles. The van der Waals surface area contributed by atoms with Crippen LogP contribution in [-0.2, 0) is 4.74 Å². The molecule has 0 aromatic carbocycles. The van der Waals surface area contributed by atoms with Crippen LogP contribution in [0.15, 0.2) is 0 Å². The molecule has 0 saturated heterocycles. The van der Waals surface area contributed by atoms with Gasteiger partial charge in [-0.15, -0.1) is 5.92 Å². The van der Waals surface area contributed by atoms with E-state index in [2.05, 4.69) is 17.2 Å². The average Bonchev–Trinajstić information content (AvgIpc) is 1.86. The fourth-order valence-electron chi connectivity index (χ4n) is 0.526. The van der Waals surface area contributed by atoms with E-state index in [-0.39, 0.29) is 12.6 Å². The molecular weight excluding hydrogens is 142 g/mol. The predicted molar refractivity (Wildman–Crippen MR) is 43.7 cm³/mol. The lowest BCUT2D eigenvalue weighted by Gasteiger charge is -2.14. The normalized spacial score (nSPS) is 12.5. The van der Waals surface area contributed by atoms with Crippen LogP contribution in [0, 0.1) is 11.8 Å². The second kappa shape index (κ2) is 6.17. The van der Waals surface area contributed by atoms with E-state index in [0.717, 1.165) is 0 Å². The first-order chi connectivity index (χ1) is 5.16. The van der Waals surface area contributed by atoms with Crippen molar-refractivity contribution in [3.05, 3.63) is 0 Å². The number of ether oxygens (including phenoxy) is 1. The smallest absolute Gasteiger partial charge is 0.214 e. The average molecular weight is 157 g/mol. The molecule has 0 rings (SSSR count). The molecule has 1 atom stereocenters. The number of hydrogen-bond donors (Lipinski definition) is 2. The zero-order chi connectivity index (χ0) is 8.69. The maximum absolute atomic E-state index is 9.05. The highest BCUT2D eigenvalue weighted by Gasteiger charge is 2.02. The Bertz CT molecular complexity index is 146. The van der Waals surface area contributed by atoms with Crippen LogP contribution in [0.3, 0.4) is 0 Å². The van der Waals surface area contributed by atoms with Gasteiger partial charge in [0.05, 0.1) is 0 Å². The molecule has 0 aliphatic heterocycles. The molecule has 3 heteroatoms. The Morgan fingerprint density at radius 3 is 2.64 bits per heavy atom. The molecule has 64 valence electrons. The van der Waals surface area contributed by atoms with Gasteiger partial charge in [0.1, 0.15) is 6.61 Å². The standard InChI is InChI=1S/C8H15NO2/c1-4-5-6-11-8(10)9-7(2)3/h7-10H,6H2,1-3H3. The lowest BCUT2D eigenvalue weighted by atomic mass is 10.4. The van der Waals surface area contributed by atoms with Gasteiger partial charge in [-0.05, 0) is 20.8 Å². The maximum atomic E-state index is 9.05. The molecule has 0 aliphatic rings. The Morgan fingerprint density at radius 1 is 1.55 bits per heavy atom. The van der Waals surface area contributed by atoms with E-state index in [0.29, 0.717) is 0 Å². The fourth-order valence-corrected chi connectivity index (χ4v) is 0.526. The van der Waals surface area contributed by atoms with Gasteiger partial charge >= 0.3 is 0 Å². The molecule has 0 saturated carbocycles. The van der Waals surface area contributed by atoms with Crippen LogP contribution < -0.4 is 5.32 Å². The zero-order valence-corrected chi connectivity index (χ0v) is 7.22. The summed E-state index contributed by atoms with van der Waals surface area (Å²) < 4.78 is 4.86. The van der Waals surface area contributed by atoms with E-state index < -0.39 is 6.41 Å². The Hall–Kier alpha value is -0.560. The minimum absolute atomic E-state index is 0.208. The Balaban J connectivity index is 3.34. The zero-order valence-electron chi connectivity index (χ0n) is 7.22. The number of aliphatic hydroxyl groups excluding tert-OH is 1. The lowest BCUT2D eigenvalue weighted by Crippen LogP contribution is -2.36. The van der Waals surface area contributed by atoms with Gasteiger partial charge < -0.3 is 9.84 Å². The van der Waals surface area contributed by atoms with Crippen LogP contribution in [0.1, 0.15) is 20.8 Å². The molecule has 0 bridgehead atoms. The highest BCUT2D eigenvalue weighted by Crippen LogP contribution is 1.84. The summed E-state index contributed by atoms with van der Waals surface area (Å²) in [4.78, 5) is 0. The summed E-state index contributed by atoms with van der Waals surface area (Å²) in [5, 5.41) is 11.8. The monoisotopic (exact) mass is 157 g/mol. The largest absolute Gasteiger partial charge is 0.356 e. The number of rotatable bonds is 4. The van der Waals surface area contributed by atoms with Crippen molar-refractivity contribution in [1.29, 1.82) is 0 Å². The summed E-state index contributed by atoms with van der Waals surface area (Å²) >= 11 is 0. The molecule has 2 N–H and O–H groups in total. The van der Waals surface area contributed by atoms with E-state index in [1.165, 1.54) is 0 Å². The van der Waals surface area contributed by atoms with Crippen molar-refractivity contribution >= 4 is 0 Å².